The number of methoxy groups -OCH3 is 1. The number of nitrogens with zero attached hydrogens (tertiary/aromatic N) is 2. The zero-order valence-corrected chi connectivity index (χ0v) is 15.1. The van der Waals surface area contributed by atoms with Gasteiger partial charge >= 0.3 is 0 Å². The minimum atomic E-state index is 0.334. The van der Waals surface area contributed by atoms with Crippen molar-refractivity contribution in [2.45, 2.75) is 20.4 Å². The van der Waals surface area contributed by atoms with E-state index < -0.39 is 0 Å². The lowest BCUT2D eigenvalue weighted by molar-refractivity contribution is 0.414. The molecular weight excluding hydrogens is 328 g/mol. The first-order valence-corrected chi connectivity index (χ1v) is 8.29. The van der Waals surface area contributed by atoms with Crippen LogP contribution in [0.5, 0.6) is 17.4 Å². The number of hydrogen-bond acceptors (Lipinski definition) is 6. The summed E-state index contributed by atoms with van der Waals surface area (Å²) in [7, 11) is 1.64. The lowest BCUT2D eigenvalue weighted by atomic mass is 10.1. The van der Waals surface area contributed by atoms with Gasteiger partial charge in [-0.2, -0.15) is 4.98 Å². The second-order valence-corrected chi connectivity index (χ2v) is 5.99. The monoisotopic (exact) mass is 350 g/mol. The van der Waals surface area contributed by atoms with Crippen molar-refractivity contribution in [1.29, 1.82) is 0 Å². The maximum absolute atomic E-state index is 6.18. The molecule has 3 N–H and O–H groups in total. The summed E-state index contributed by atoms with van der Waals surface area (Å²) in [5, 5.41) is 3.22. The van der Waals surface area contributed by atoms with Crippen LogP contribution in [0.4, 0.5) is 11.5 Å². The highest BCUT2D eigenvalue weighted by atomic mass is 16.5. The molecule has 0 aliphatic rings. The van der Waals surface area contributed by atoms with Crippen molar-refractivity contribution in [3.63, 3.8) is 0 Å². The van der Waals surface area contributed by atoms with Crippen molar-refractivity contribution < 1.29 is 9.47 Å². The van der Waals surface area contributed by atoms with E-state index in [1.807, 2.05) is 49.4 Å². The Hall–Kier alpha value is -3.28. The molecule has 0 fully saturated rings. The van der Waals surface area contributed by atoms with Gasteiger partial charge in [0.25, 0.3) is 0 Å². The summed E-state index contributed by atoms with van der Waals surface area (Å²) in [4.78, 5) is 8.36. The van der Waals surface area contributed by atoms with Crippen LogP contribution in [0.2, 0.25) is 0 Å². The van der Waals surface area contributed by atoms with Gasteiger partial charge in [0.1, 0.15) is 23.5 Å². The number of nitrogens with two attached hydrogens (primary N) is 1. The van der Waals surface area contributed by atoms with Crippen molar-refractivity contribution in [1.82, 2.24) is 9.97 Å². The molecule has 0 saturated heterocycles. The van der Waals surface area contributed by atoms with Crippen LogP contribution in [0, 0.1) is 13.8 Å². The van der Waals surface area contributed by atoms with Gasteiger partial charge in [-0.05, 0) is 54.8 Å². The van der Waals surface area contributed by atoms with Crippen LogP contribution >= 0.6 is 0 Å². The summed E-state index contributed by atoms with van der Waals surface area (Å²) in [6, 6.07) is 13.6. The molecule has 3 rings (SSSR count). The van der Waals surface area contributed by atoms with Crippen LogP contribution in [0.15, 0.2) is 48.8 Å². The maximum Gasteiger partial charge on any atom is 0.248 e. The molecule has 0 aliphatic heterocycles. The molecule has 1 aromatic heterocycles. The number of anilines is 2. The molecule has 3 aromatic rings. The Bertz CT molecular complexity index is 895. The fourth-order valence-corrected chi connectivity index (χ4v) is 2.42. The summed E-state index contributed by atoms with van der Waals surface area (Å²) < 4.78 is 11.0. The Balaban J connectivity index is 1.72. The Kier molecular flexibility index (Phi) is 5.22. The highest BCUT2D eigenvalue weighted by molar-refractivity contribution is 5.67. The zero-order chi connectivity index (χ0) is 18.5. The summed E-state index contributed by atoms with van der Waals surface area (Å²) in [5.74, 6) is 2.38. The predicted octanol–water partition coefficient (Wildman–Crippen LogP) is 4.09. The Morgan fingerprint density at radius 3 is 2.38 bits per heavy atom. The number of hydrogen-bond donors (Lipinski definition) is 2. The van der Waals surface area contributed by atoms with Gasteiger partial charge in [0, 0.05) is 6.54 Å². The van der Waals surface area contributed by atoms with Gasteiger partial charge in [-0.15, -0.1) is 0 Å². The number of aryl methyl sites for hydroxylation is 2. The fourth-order valence-electron chi connectivity index (χ4n) is 2.42. The average Bonchev–Trinajstić information content (AvgIpc) is 2.66. The van der Waals surface area contributed by atoms with Crippen molar-refractivity contribution in [3.05, 3.63) is 65.5 Å². The van der Waals surface area contributed by atoms with Crippen LogP contribution in [-0.4, -0.2) is 17.1 Å². The molecule has 6 heteroatoms. The van der Waals surface area contributed by atoms with Gasteiger partial charge in [-0.1, -0.05) is 18.2 Å². The first-order chi connectivity index (χ1) is 12.6. The van der Waals surface area contributed by atoms with E-state index in [-0.39, 0.29) is 0 Å². The standard InChI is InChI=1S/C20H22N4O2/c1-13-4-7-17(10-14(13)2)26-20-18(21)19(23-12-24-20)22-11-15-5-8-16(25-3)9-6-15/h4-10,12H,11,21H2,1-3H3,(H,22,23,24). The molecule has 2 aromatic carbocycles. The quantitative estimate of drug-likeness (QED) is 0.697. The molecule has 0 radical (unpaired) electrons. The van der Waals surface area contributed by atoms with E-state index in [1.165, 1.54) is 11.9 Å². The molecule has 1 heterocycles. The topological polar surface area (TPSA) is 82.3 Å². The van der Waals surface area contributed by atoms with E-state index in [9.17, 15) is 0 Å². The van der Waals surface area contributed by atoms with Crippen LogP contribution in [0.3, 0.4) is 0 Å². The molecule has 0 atom stereocenters. The molecule has 0 bridgehead atoms. The number of nitrogen functional groups attached to an aromatic ring is 1. The highest BCUT2D eigenvalue weighted by Gasteiger charge is 2.11. The van der Waals surface area contributed by atoms with Crippen LogP contribution in [0.1, 0.15) is 16.7 Å². The van der Waals surface area contributed by atoms with Crippen LogP contribution < -0.4 is 20.5 Å². The molecule has 6 nitrogen and oxygen atoms in total. The second kappa shape index (κ2) is 7.74. The largest absolute Gasteiger partial charge is 0.497 e. The summed E-state index contributed by atoms with van der Waals surface area (Å²) in [6.07, 6.45) is 1.43. The Labute approximate surface area is 153 Å². The SMILES string of the molecule is COc1ccc(CNc2ncnc(Oc3ccc(C)c(C)c3)c2N)cc1. The minimum Gasteiger partial charge on any atom is -0.497 e. The molecule has 0 saturated carbocycles. The van der Waals surface area contributed by atoms with Gasteiger partial charge in [0.15, 0.2) is 5.82 Å². The normalized spacial score (nSPS) is 10.4. The van der Waals surface area contributed by atoms with E-state index in [0.29, 0.717) is 29.7 Å². The van der Waals surface area contributed by atoms with E-state index in [0.717, 1.165) is 16.9 Å². The first-order valence-electron chi connectivity index (χ1n) is 8.29. The molecule has 0 unspecified atom stereocenters. The molecule has 0 amide bonds. The highest BCUT2D eigenvalue weighted by Crippen LogP contribution is 2.30. The van der Waals surface area contributed by atoms with Gasteiger partial charge < -0.3 is 20.5 Å². The fraction of sp³-hybridized carbons (Fsp3) is 0.200. The van der Waals surface area contributed by atoms with E-state index in [4.69, 9.17) is 15.2 Å². The van der Waals surface area contributed by atoms with Crippen molar-refractivity contribution in [2.75, 3.05) is 18.2 Å². The number of nitrogens with one attached hydrogen (secondary N) is 1. The van der Waals surface area contributed by atoms with Crippen molar-refractivity contribution in [3.8, 4) is 17.4 Å². The average molecular weight is 350 g/mol. The lowest BCUT2D eigenvalue weighted by Gasteiger charge is -2.12. The molecule has 0 spiro atoms. The number of aromatic nitrogens is 2. The first kappa shape index (κ1) is 17.5. The van der Waals surface area contributed by atoms with E-state index >= 15 is 0 Å². The molecule has 134 valence electrons. The van der Waals surface area contributed by atoms with Gasteiger partial charge in [-0.3, -0.25) is 0 Å². The third-order valence-corrected chi connectivity index (χ3v) is 4.16. The summed E-state index contributed by atoms with van der Waals surface area (Å²) >= 11 is 0. The Morgan fingerprint density at radius 2 is 1.69 bits per heavy atom. The molecule has 0 aliphatic carbocycles. The second-order valence-electron chi connectivity index (χ2n) is 5.99. The summed E-state index contributed by atoms with van der Waals surface area (Å²) in [6.45, 7) is 4.67. The maximum atomic E-state index is 6.18. The van der Waals surface area contributed by atoms with Crippen molar-refractivity contribution in [2.24, 2.45) is 0 Å². The smallest absolute Gasteiger partial charge is 0.248 e. The Morgan fingerprint density at radius 1 is 0.962 bits per heavy atom. The van der Waals surface area contributed by atoms with Crippen LogP contribution in [0.25, 0.3) is 0 Å². The molecule has 26 heavy (non-hydrogen) atoms. The van der Waals surface area contributed by atoms with Gasteiger partial charge in [0.05, 0.1) is 7.11 Å². The number of ether oxygens (including phenoxy) is 2. The zero-order valence-electron chi connectivity index (χ0n) is 15.1. The number of rotatable bonds is 6. The molecular formula is C20H22N4O2. The van der Waals surface area contributed by atoms with E-state index in [1.54, 1.807) is 7.11 Å². The third-order valence-electron chi connectivity index (χ3n) is 4.16. The minimum absolute atomic E-state index is 0.334. The number of benzene rings is 2. The van der Waals surface area contributed by atoms with Crippen molar-refractivity contribution >= 4 is 11.5 Å². The third kappa shape index (κ3) is 4.03. The predicted molar refractivity (Wildman–Crippen MR) is 103 cm³/mol. The lowest BCUT2D eigenvalue weighted by Crippen LogP contribution is -2.06. The van der Waals surface area contributed by atoms with Gasteiger partial charge in [0.2, 0.25) is 5.88 Å². The summed E-state index contributed by atoms with van der Waals surface area (Å²) in [5.41, 5.74) is 9.98. The van der Waals surface area contributed by atoms with E-state index in [2.05, 4.69) is 22.2 Å². The van der Waals surface area contributed by atoms with Gasteiger partial charge in [-0.25, -0.2) is 4.98 Å². The van der Waals surface area contributed by atoms with Crippen LogP contribution in [-0.2, 0) is 6.54 Å².